The van der Waals surface area contributed by atoms with E-state index in [2.05, 4.69) is 5.10 Å². The van der Waals surface area contributed by atoms with Crippen molar-refractivity contribution < 1.29 is 44.3 Å². The highest BCUT2D eigenvalue weighted by Gasteiger charge is 2.42. The largest absolute Gasteiger partial charge is 0.508 e. The summed E-state index contributed by atoms with van der Waals surface area (Å²) in [5.41, 5.74) is -1.15. The molecule has 3 aromatic carbocycles. The van der Waals surface area contributed by atoms with Gasteiger partial charge in [0.1, 0.15) is 35.3 Å². The number of carbonyl (C=O) groups is 3. The van der Waals surface area contributed by atoms with Gasteiger partial charge in [-0.25, -0.2) is 4.68 Å². The molecule has 0 unspecified atom stereocenters. The number of ether oxygens (including phenoxy) is 2. The summed E-state index contributed by atoms with van der Waals surface area (Å²) in [7, 11) is 1.29. The number of phenolic OH excluding ortho intramolecular Hbond substituents is 4. The summed E-state index contributed by atoms with van der Waals surface area (Å²) in [5, 5.41) is 48.2. The molecule has 0 saturated heterocycles. The van der Waals surface area contributed by atoms with Crippen molar-refractivity contribution in [2.45, 2.75) is 33.2 Å². The Hall–Kier alpha value is -5.39. The van der Waals surface area contributed by atoms with Crippen LogP contribution in [0.25, 0.3) is 21.9 Å². The lowest BCUT2D eigenvalue weighted by molar-refractivity contribution is -0.144. The molecule has 4 N–H and O–H groups in total. The van der Waals surface area contributed by atoms with Crippen LogP contribution in [-0.2, 0) is 28.9 Å². The van der Waals surface area contributed by atoms with Gasteiger partial charge in [-0.2, -0.15) is 5.10 Å². The molecular formula is C30H24N2O10. The quantitative estimate of drug-likeness (QED) is 0.232. The minimum Gasteiger partial charge on any atom is -0.508 e. The third-order valence-corrected chi connectivity index (χ3v) is 7.86. The molecule has 214 valence electrons. The maximum absolute atomic E-state index is 13.8. The van der Waals surface area contributed by atoms with Crippen molar-refractivity contribution in [3.8, 4) is 39.9 Å². The first-order valence-electron chi connectivity index (χ1n) is 13.0. The van der Waals surface area contributed by atoms with E-state index in [1.165, 1.54) is 20.2 Å². The number of aryl methyl sites for hydroxylation is 1. The number of hydrogen-bond acceptors (Lipinski definition) is 11. The van der Waals surface area contributed by atoms with E-state index in [9.17, 15) is 39.6 Å². The number of methoxy groups -OCH3 is 1. The van der Waals surface area contributed by atoms with Gasteiger partial charge in [-0.3, -0.25) is 19.2 Å². The number of aromatic nitrogens is 2. The van der Waals surface area contributed by atoms with Crippen molar-refractivity contribution in [3.05, 3.63) is 67.6 Å². The Balaban J connectivity index is 1.65. The summed E-state index contributed by atoms with van der Waals surface area (Å²) in [6.45, 7) is 2.62. The molecule has 0 bridgehead atoms. The van der Waals surface area contributed by atoms with Gasteiger partial charge in [-0.1, -0.05) is 0 Å². The van der Waals surface area contributed by atoms with Crippen molar-refractivity contribution in [2.75, 3.05) is 13.7 Å². The van der Waals surface area contributed by atoms with Gasteiger partial charge in [0.2, 0.25) is 5.78 Å². The lowest BCUT2D eigenvalue weighted by Gasteiger charge is -2.29. The second kappa shape index (κ2) is 9.33. The lowest BCUT2D eigenvalue weighted by Crippen LogP contribution is -2.28. The highest BCUT2D eigenvalue weighted by Crippen LogP contribution is 2.54. The molecule has 0 fully saturated rings. The van der Waals surface area contributed by atoms with Crippen molar-refractivity contribution in [1.82, 2.24) is 9.78 Å². The molecule has 0 aliphatic heterocycles. The van der Waals surface area contributed by atoms with E-state index in [1.807, 2.05) is 0 Å². The van der Waals surface area contributed by atoms with Gasteiger partial charge in [0.15, 0.2) is 5.78 Å². The molecule has 12 heteroatoms. The molecule has 1 aromatic heterocycles. The molecule has 42 heavy (non-hydrogen) atoms. The van der Waals surface area contributed by atoms with Crippen LogP contribution in [0.15, 0.2) is 23.1 Å². The third kappa shape index (κ3) is 3.51. The van der Waals surface area contributed by atoms with Gasteiger partial charge < -0.3 is 29.9 Å². The van der Waals surface area contributed by atoms with E-state index in [4.69, 9.17) is 9.47 Å². The fourth-order valence-electron chi connectivity index (χ4n) is 5.92. The Labute approximate surface area is 237 Å². The van der Waals surface area contributed by atoms with Crippen molar-refractivity contribution in [1.29, 1.82) is 0 Å². The molecule has 6 rings (SSSR count). The number of hydrogen-bond donors (Lipinski definition) is 4. The molecule has 0 spiro atoms. The standard InChI is InChI=1S/C30H24N2O10/c1-4-42-17(34)10-32-30(40)19-13(9-31-32)7-12-5-6-14-20(18(12)26(19)37)27(38)22-23(29(14)41-3)28(39)21-15(25(22)36)8-16(33)11(2)24(21)35/h7-9,33,35,37-38H,4-6,10H2,1-3H3. The number of benzene rings is 3. The zero-order valence-electron chi connectivity index (χ0n) is 22.7. The Kier molecular flexibility index (Phi) is 5.96. The van der Waals surface area contributed by atoms with E-state index in [-0.39, 0.29) is 57.5 Å². The fourth-order valence-corrected chi connectivity index (χ4v) is 5.92. The van der Waals surface area contributed by atoms with Crippen LogP contribution in [0.2, 0.25) is 0 Å². The van der Waals surface area contributed by atoms with Crippen LogP contribution >= 0.6 is 0 Å². The number of rotatable bonds is 4. The predicted molar refractivity (Wildman–Crippen MR) is 147 cm³/mol. The van der Waals surface area contributed by atoms with Crippen LogP contribution in [0.1, 0.15) is 55.5 Å². The molecule has 4 aromatic rings. The Morgan fingerprint density at radius 1 is 0.929 bits per heavy atom. The van der Waals surface area contributed by atoms with E-state index in [0.29, 0.717) is 22.9 Å². The summed E-state index contributed by atoms with van der Waals surface area (Å²) in [5.74, 6) is -4.45. The molecule has 0 saturated carbocycles. The van der Waals surface area contributed by atoms with Crippen LogP contribution in [0, 0.1) is 6.92 Å². The second-order valence-electron chi connectivity index (χ2n) is 10.1. The maximum atomic E-state index is 13.8. The van der Waals surface area contributed by atoms with Crippen LogP contribution in [0.5, 0.6) is 28.7 Å². The third-order valence-electron chi connectivity index (χ3n) is 7.86. The summed E-state index contributed by atoms with van der Waals surface area (Å²) >= 11 is 0. The first-order valence-corrected chi connectivity index (χ1v) is 13.0. The van der Waals surface area contributed by atoms with Crippen LogP contribution < -0.4 is 10.3 Å². The molecule has 0 amide bonds. The van der Waals surface area contributed by atoms with E-state index in [1.54, 1.807) is 13.0 Å². The smallest absolute Gasteiger partial charge is 0.327 e. The molecule has 2 aliphatic rings. The van der Waals surface area contributed by atoms with Gasteiger partial charge >= 0.3 is 5.97 Å². The topological polar surface area (TPSA) is 185 Å². The van der Waals surface area contributed by atoms with Crippen LogP contribution in [-0.4, -0.2) is 61.5 Å². The Morgan fingerprint density at radius 2 is 1.67 bits per heavy atom. The van der Waals surface area contributed by atoms with Gasteiger partial charge in [-0.15, -0.1) is 0 Å². The highest BCUT2D eigenvalue weighted by atomic mass is 16.5. The summed E-state index contributed by atoms with van der Waals surface area (Å²) in [4.78, 5) is 52.9. The van der Waals surface area contributed by atoms with Gasteiger partial charge in [0.25, 0.3) is 5.56 Å². The molecule has 0 radical (unpaired) electrons. The summed E-state index contributed by atoms with van der Waals surface area (Å²) < 4.78 is 11.4. The number of esters is 1. The average Bonchev–Trinajstić information content (AvgIpc) is 2.95. The Bertz CT molecular complexity index is 1990. The van der Waals surface area contributed by atoms with Crippen LogP contribution in [0.3, 0.4) is 0 Å². The molecule has 12 nitrogen and oxygen atoms in total. The van der Waals surface area contributed by atoms with Crippen molar-refractivity contribution in [2.24, 2.45) is 0 Å². The predicted octanol–water partition coefficient (Wildman–Crippen LogP) is 2.64. The monoisotopic (exact) mass is 572 g/mol. The first-order chi connectivity index (χ1) is 20.0. The minimum absolute atomic E-state index is 0.00422. The van der Waals surface area contributed by atoms with Crippen molar-refractivity contribution >= 4 is 28.3 Å². The van der Waals surface area contributed by atoms with Crippen molar-refractivity contribution in [3.63, 3.8) is 0 Å². The molecule has 1 heterocycles. The summed E-state index contributed by atoms with van der Waals surface area (Å²) in [6, 6.07) is 2.68. The number of nitrogens with zero attached hydrogens (tertiary/aromatic N) is 2. The number of phenols is 4. The SMILES string of the molecule is CCOC(=O)Cn1ncc2cc3c(c(O)c2c1=O)-c1c(O)c2c(c(OC)c1CC3)C(=O)c1c(cc(O)c(C)c1O)C2=O. The second-order valence-corrected chi connectivity index (χ2v) is 10.1. The molecule has 2 aliphatic carbocycles. The number of aromatic hydroxyl groups is 4. The number of carbonyl (C=O) groups excluding carboxylic acids is 3. The van der Waals surface area contributed by atoms with Gasteiger partial charge in [-0.05, 0) is 44.4 Å². The Morgan fingerprint density at radius 3 is 2.36 bits per heavy atom. The zero-order chi connectivity index (χ0) is 30.2. The maximum Gasteiger partial charge on any atom is 0.327 e. The van der Waals surface area contributed by atoms with E-state index >= 15 is 0 Å². The highest BCUT2D eigenvalue weighted by molar-refractivity contribution is 6.32. The van der Waals surface area contributed by atoms with Crippen LogP contribution in [0.4, 0.5) is 0 Å². The summed E-state index contributed by atoms with van der Waals surface area (Å²) in [6.07, 6.45) is 1.88. The van der Waals surface area contributed by atoms with E-state index < -0.39 is 58.2 Å². The first kappa shape index (κ1) is 26.8. The molecular weight excluding hydrogens is 548 g/mol. The normalized spacial score (nSPS) is 13.3. The van der Waals surface area contributed by atoms with Gasteiger partial charge in [0.05, 0.1) is 42.0 Å². The average molecular weight is 573 g/mol. The minimum atomic E-state index is -0.850. The fraction of sp³-hybridized carbons (Fsp3) is 0.233. The lowest BCUT2D eigenvalue weighted by atomic mass is 9.75. The number of fused-ring (bicyclic) bond motifs is 6. The number of ketones is 2. The van der Waals surface area contributed by atoms with Gasteiger partial charge in [0, 0.05) is 33.2 Å². The van der Waals surface area contributed by atoms with E-state index in [0.717, 1.165) is 10.7 Å². The zero-order valence-corrected chi connectivity index (χ0v) is 22.7. The molecule has 0 atom stereocenters.